The standard InChI is InChI=1S/C8H14N4O2S/c1-4(2)9-6(13)5(3)12-7(14)10-11-8(12)15/h4-5H,1-3H3,(H,9,13)(H,10,14)(H,11,15). The Labute approximate surface area is 91.7 Å². The van der Waals surface area contributed by atoms with Crippen molar-refractivity contribution in [3.05, 3.63) is 15.3 Å². The number of nitrogens with zero attached hydrogens (tertiary/aromatic N) is 1. The van der Waals surface area contributed by atoms with Crippen LogP contribution < -0.4 is 11.0 Å². The molecule has 0 spiro atoms. The average molecular weight is 230 g/mol. The van der Waals surface area contributed by atoms with E-state index in [1.807, 2.05) is 13.8 Å². The molecule has 3 N–H and O–H groups in total. The fourth-order valence-corrected chi connectivity index (χ4v) is 1.49. The summed E-state index contributed by atoms with van der Waals surface area (Å²) in [6.45, 7) is 5.33. The van der Waals surface area contributed by atoms with Crippen LogP contribution in [0.15, 0.2) is 4.79 Å². The largest absolute Gasteiger partial charge is 0.352 e. The summed E-state index contributed by atoms with van der Waals surface area (Å²) in [5.41, 5.74) is -0.411. The lowest BCUT2D eigenvalue weighted by atomic mass is 10.3. The molecule has 0 radical (unpaired) electrons. The topological polar surface area (TPSA) is 82.7 Å². The molecular formula is C8H14N4O2S. The lowest BCUT2D eigenvalue weighted by Gasteiger charge is -2.14. The predicted octanol–water partition coefficient (Wildman–Crippen LogP) is 0.320. The average Bonchev–Trinajstić information content (AvgIpc) is 2.44. The lowest BCUT2D eigenvalue weighted by Crippen LogP contribution is -2.38. The van der Waals surface area contributed by atoms with E-state index in [2.05, 4.69) is 15.5 Å². The number of amides is 1. The van der Waals surface area contributed by atoms with E-state index in [1.54, 1.807) is 6.92 Å². The molecule has 1 unspecified atom stereocenters. The number of hydrogen-bond donors (Lipinski definition) is 3. The minimum absolute atomic E-state index is 0.0344. The highest BCUT2D eigenvalue weighted by molar-refractivity contribution is 7.71. The van der Waals surface area contributed by atoms with Crippen molar-refractivity contribution < 1.29 is 4.79 Å². The highest BCUT2D eigenvalue weighted by Crippen LogP contribution is 2.02. The van der Waals surface area contributed by atoms with E-state index in [1.165, 1.54) is 4.57 Å². The molecule has 1 aromatic rings. The van der Waals surface area contributed by atoms with E-state index >= 15 is 0 Å². The summed E-state index contributed by atoms with van der Waals surface area (Å²) in [6.07, 6.45) is 0. The molecule has 1 amide bonds. The smallest absolute Gasteiger partial charge is 0.343 e. The maximum Gasteiger partial charge on any atom is 0.343 e. The summed E-state index contributed by atoms with van der Waals surface area (Å²) in [7, 11) is 0. The van der Waals surface area contributed by atoms with E-state index in [-0.39, 0.29) is 16.7 Å². The number of hydrogen-bond acceptors (Lipinski definition) is 3. The Hall–Kier alpha value is -1.37. The number of carbonyl (C=O) groups excluding carboxylic acids is 1. The Morgan fingerprint density at radius 3 is 2.40 bits per heavy atom. The van der Waals surface area contributed by atoms with Gasteiger partial charge in [0.05, 0.1) is 0 Å². The summed E-state index contributed by atoms with van der Waals surface area (Å²) in [5, 5.41) is 7.52. The van der Waals surface area contributed by atoms with Gasteiger partial charge >= 0.3 is 5.69 Å². The minimum Gasteiger partial charge on any atom is -0.352 e. The SMILES string of the molecule is CC(C)NC(=O)C(C)n1c(=O)[nH][nH]c1=S. The summed E-state index contributed by atoms with van der Waals surface area (Å²) in [5.74, 6) is -0.230. The van der Waals surface area contributed by atoms with Crippen LogP contribution in [0.3, 0.4) is 0 Å². The predicted molar refractivity (Wildman–Crippen MR) is 58.2 cm³/mol. The first-order valence-electron chi connectivity index (χ1n) is 4.63. The van der Waals surface area contributed by atoms with E-state index in [0.29, 0.717) is 0 Å². The van der Waals surface area contributed by atoms with E-state index < -0.39 is 11.7 Å². The molecule has 0 aliphatic heterocycles. The first-order chi connectivity index (χ1) is 6.93. The second kappa shape index (κ2) is 4.43. The molecule has 0 aromatic carbocycles. The molecule has 1 heterocycles. The molecule has 0 aliphatic carbocycles. The van der Waals surface area contributed by atoms with Gasteiger partial charge in [-0.3, -0.25) is 14.5 Å². The fraction of sp³-hybridized carbons (Fsp3) is 0.625. The number of H-pyrrole nitrogens is 2. The second-order valence-electron chi connectivity index (χ2n) is 3.57. The molecule has 84 valence electrons. The van der Waals surface area contributed by atoms with E-state index in [4.69, 9.17) is 12.2 Å². The molecule has 15 heavy (non-hydrogen) atoms. The Morgan fingerprint density at radius 2 is 2.00 bits per heavy atom. The van der Waals surface area contributed by atoms with Gasteiger partial charge in [-0.25, -0.2) is 9.89 Å². The third-order valence-electron chi connectivity index (χ3n) is 1.91. The normalized spacial score (nSPS) is 12.8. The van der Waals surface area contributed by atoms with Gasteiger partial charge in [0.1, 0.15) is 6.04 Å². The van der Waals surface area contributed by atoms with Gasteiger partial charge in [-0.05, 0) is 33.0 Å². The maximum absolute atomic E-state index is 11.6. The van der Waals surface area contributed by atoms with Crippen molar-refractivity contribution in [3.63, 3.8) is 0 Å². The summed E-state index contributed by atoms with van der Waals surface area (Å²) >= 11 is 4.88. The van der Waals surface area contributed by atoms with Gasteiger partial charge in [0, 0.05) is 6.04 Å². The number of aromatic amines is 2. The zero-order valence-electron chi connectivity index (χ0n) is 8.83. The minimum atomic E-state index is -0.616. The molecule has 0 fully saturated rings. The highest BCUT2D eigenvalue weighted by atomic mass is 32.1. The van der Waals surface area contributed by atoms with Gasteiger partial charge in [-0.1, -0.05) is 0 Å². The van der Waals surface area contributed by atoms with E-state index in [9.17, 15) is 9.59 Å². The van der Waals surface area contributed by atoms with Crippen molar-refractivity contribution in [2.75, 3.05) is 0 Å². The summed E-state index contributed by atoms with van der Waals surface area (Å²) in [6, 6.07) is -0.581. The fourth-order valence-electron chi connectivity index (χ4n) is 1.19. The van der Waals surface area contributed by atoms with Crippen LogP contribution in [0, 0.1) is 4.77 Å². The van der Waals surface area contributed by atoms with Crippen LogP contribution in [0.5, 0.6) is 0 Å². The van der Waals surface area contributed by atoms with Gasteiger partial charge in [-0.2, -0.15) is 0 Å². The second-order valence-corrected chi connectivity index (χ2v) is 3.96. The van der Waals surface area contributed by atoms with Gasteiger partial charge in [0.25, 0.3) is 0 Å². The van der Waals surface area contributed by atoms with Crippen molar-refractivity contribution in [1.82, 2.24) is 20.1 Å². The third kappa shape index (κ3) is 2.56. The summed E-state index contributed by atoms with van der Waals surface area (Å²) < 4.78 is 1.42. The molecule has 7 heteroatoms. The van der Waals surface area contributed by atoms with Crippen molar-refractivity contribution >= 4 is 18.1 Å². The molecule has 0 bridgehead atoms. The van der Waals surface area contributed by atoms with Crippen LogP contribution in [0.1, 0.15) is 26.8 Å². The zero-order chi connectivity index (χ0) is 11.6. The monoisotopic (exact) mass is 230 g/mol. The molecule has 1 aromatic heterocycles. The number of rotatable bonds is 3. The van der Waals surface area contributed by atoms with Crippen LogP contribution >= 0.6 is 12.2 Å². The molecule has 6 nitrogen and oxygen atoms in total. The quantitative estimate of drug-likeness (QED) is 0.654. The molecular weight excluding hydrogens is 216 g/mol. The number of carbonyl (C=O) groups is 1. The molecule has 1 rings (SSSR count). The van der Waals surface area contributed by atoms with Crippen molar-refractivity contribution in [3.8, 4) is 0 Å². The van der Waals surface area contributed by atoms with Crippen molar-refractivity contribution in [2.24, 2.45) is 0 Å². The Morgan fingerprint density at radius 1 is 1.40 bits per heavy atom. The van der Waals surface area contributed by atoms with Gasteiger partial charge in [0.2, 0.25) is 5.91 Å². The first kappa shape index (κ1) is 11.7. The molecule has 0 saturated carbocycles. The van der Waals surface area contributed by atoms with Gasteiger partial charge in [0.15, 0.2) is 4.77 Å². The molecule has 1 atom stereocenters. The van der Waals surface area contributed by atoms with Crippen LogP contribution in [-0.4, -0.2) is 26.7 Å². The molecule has 0 saturated heterocycles. The van der Waals surface area contributed by atoms with Gasteiger partial charge in [-0.15, -0.1) is 0 Å². The third-order valence-corrected chi connectivity index (χ3v) is 2.21. The van der Waals surface area contributed by atoms with Crippen LogP contribution in [0.2, 0.25) is 0 Å². The lowest BCUT2D eigenvalue weighted by molar-refractivity contribution is -0.124. The highest BCUT2D eigenvalue weighted by Gasteiger charge is 2.18. The number of nitrogens with one attached hydrogen (secondary N) is 3. The van der Waals surface area contributed by atoms with Gasteiger partial charge < -0.3 is 5.32 Å². The van der Waals surface area contributed by atoms with Crippen LogP contribution in [-0.2, 0) is 4.79 Å². The first-order valence-corrected chi connectivity index (χ1v) is 5.04. The zero-order valence-corrected chi connectivity index (χ0v) is 9.64. The van der Waals surface area contributed by atoms with E-state index in [0.717, 1.165) is 0 Å². The maximum atomic E-state index is 11.6. The Bertz CT molecular complexity index is 428. The van der Waals surface area contributed by atoms with Crippen molar-refractivity contribution in [1.29, 1.82) is 0 Å². The van der Waals surface area contributed by atoms with Crippen LogP contribution in [0.4, 0.5) is 0 Å². The summed E-state index contributed by atoms with van der Waals surface area (Å²) in [4.78, 5) is 22.9. The number of aromatic nitrogens is 3. The Kier molecular flexibility index (Phi) is 3.46. The molecule has 0 aliphatic rings. The van der Waals surface area contributed by atoms with Crippen LogP contribution in [0.25, 0.3) is 0 Å². The van der Waals surface area contributed by atoms with Crippen molar-refractivity contribution in [2.45, 2.75) is 32.9 Å². The Balaban J connectivity index is 2.95.